The molecule has 1 aromatic rings. The summed E-state index contributed by atoms with van der Waals surface area (Å²) in [5.41, 5.74) is 7.55. The number of carbonyl (C=O) groups is 2. The van der Waals surface area contributed by atoms with Crippen molar-refractivity contribution in [2.24, 2.45) is 17.6 Å². The van der Waals surface area contributed by atoms with Crippen LogP contribution in [0.2, 0.25) is 0 Å². The zero-order valence-corrected chi connectivity index (χ0v) is 12.1. The van der Waals surface area contributed by atoms with Crippen molar-refractivity contribution in [1.29, 1.82) is 5.26 Å². The molecule has 1 saturated heterocycles. The van der Waals surface area contributed by atoms with E-state index in [1.165, 1.54) is 4.90 Å². The topological polar surface area (TPSA) is 87.2 Å². The molecule has 1 heterocycles. The van der Waals surface area contributed by atoms with Crippen LogP contribution in [0.1, 0.15) is 17.5 Å². The number of carbonyl (C=O) groups excluding carboxylic acids is 2. The first-order chi connectivity index (χ1) is 10.6. The van der Waals surface area contributed by atoms with Crippen LogP contribution in [0.5, 0.6) is 0 Å². The highest BCUT2D eigenvalue weighted by Crippen LogP contribution is 2.34. The highest BCUT2D eigenvalue weighted by Gasteiger charge is 2.49. The summed E-state index contributed by atoms with van der Waals surface area (Å²) in [5, 5.41) is 8.78. The SMILES string of the molecule is N#Cc1ccc(CCN2C(=O)C3CC=CC(N)C3C2=O)cc1. The summed E-state index contributed by atoms with van der Waals surface area (Å²) < 4.78 is 0. The molecule has 2 N–H and O–H groups in total. The third-order valence-corrected chi connectivity index (χ3v) is 4.44. The van der Waals surface area contributed by atoms with E-state index in [-0.39, 0.29) is 23.8 Å². The highest BCUT2D eigenvalue weighted by atomic mass is 16.2. The van der Waals surface area contributed by atoms with Gasteiger partial charge in [0.1, 0.15) is 0 Å². The Morgan fingerprint density at radius 1 is 1.23 bits per heavy atom. The minimum Gasteiger partial charge on any atom is -0.324 e. The quantitative estimate of drug-likeness (QED) is 0.665. The minimum absolute atomic E-state index is 0.108. The van der Waals surface area contributed by atoms with Crippen molar-refractivity contribution in [3.63, 3.8) is 0 Å². The molecule has 1 aliphatic carbocycles. The Balaban J connectivity index is 1.69. The van der Waals surface area contributed by atoms with Crippen molar-refractivity contribution < 1.29 is 9.59 Å². The molecule has 5 nitrogen and oxygen atoms in total. The van der Waals surface area contributed by atoms with Gasteiger partial charge >= 0.3 is 0 Å². The predicted molar refractivity (Wildman–Crippen MR) is 80.3 cm³/mol. The van der Waals surface area contributed by atoms with Gasteiger partial charge in [0.05, 0.1) is 23.5 Å². The van der Waals surface area contributed by atoms with Gasteiger partial charge in [-0.3, -0.25) is 14.5 Å². The molecule has 1 aromatic carbocycles. The number of benzene rings is 1. The number of nitriles is 1. The van der Waals surface area contributed by atoms with Gasteiger partial charge in [0, 0.05) is 12.6 Å². The van der Waals surface area contributed by atoms with Crippen LogP contribution in [0.25, 0.3) is 0 Å². The lowest BCUT2D eigenvalue weighted by molar-refractivity contribution is -0.139. The lowest BCUT2D eigenvalue weighted by Crippen LogP contribution is -2.39. The molecule has 0 bridgehead atoms. The van der Waals surface area contributed by atoms with E-state index >= 15 is 0 Å². The van der Waals surface area contributed by atoms with Crippen LogP contribution in [-0.2, 0) is 16.0 Å². The summed E-state index contributed by atoms with van der Waals surface area (Å²) in [6.07, 6.45) is 4.89. The Hall–Kier alpha value is -2.45. The van der Waals surface area contributed by atoms with Crippen LogP contribution >= 0.6 is 0 Å². The van der Waals surface area contributed by atoms with E-state index < -0.39 is 5.92 Å². The number of amides is 2. The first kappa shape index (κ1) is 14.5. The first-order valence-corrected chi connectivity index (χ1v) is 7.38. The molecule has 0 saturated carbocycles. The second kappa shape index (κ2) is 5.74. The molecule has 3 unspecified atom stereocenters. The molecule has 112 valence electrons. The number of hydrogen-bond donors (Lipinski definition) is 1. The van der Waals surface area contributed by atoms with E-state index in [2.05, 4.69) is 6.07 Å². The summed E-state index contributed by atoms with van der Waals surface area (Å²) >= 11 is 0. The minimum atomic E-state index is -0.404. The monoisotopic (exact) mass is 295 g/mol. The van der Waals surface area contributed by atoms with Crippen molar-refractivity contribution >= 4 is 11.8 Å². The fraction of sp³-hybridized carbons (Fsp3) is 0.353. The number of imide groups is 1. The Kier molecular flexibility index (Phi) is 3.78. The van der Waals surface area contributed by atoms with Gasteiger partial charge in [-0.1, -0.05) is 24.3 Å². The lowest BCUT2D eigenvalue weighted by atomic mass is 9.82. The Bertz CT molecular complexity index is 672. The van der Waals surface area contributed by atoms with Crippen molar-refractivity contribution in [2.45, 2.75) is 18.9 Å². The number of allylic oxidation sites excluding steroid dienone is 1. The van der Waals surface area contributed by atoms with Crippen LogP contribution in [0.4, 0.5) is 0 Å². The normalized spacial score (nSPS) is 26.9. The molecular formula is C17H17N3O2. The largest absolute Gasteiger partial charge is 0.324 e. The summed E-state index contributed by atoms with van der Waals surface area (Å²) in [5.74, 6) is -0.962. The summed E-state index contributed by atoms with van der Waals surface area (Å²) in [6, 6.07) is 8.88. The zero-order chi connectivity index (χ0) is 15.7. The summed E-state index contributed by atoms with van der Waals surface area (Å²) in [7, 11) is 0. The van der Waals surface area contributed by atoms with E-state index in [1.807, 2.05) is 24.3 Å². The molecule has 1 aliphatic heterocycles. The molecule has 0 radical (unpaired) electrons. The molecule has 0 spiro atoms. The maximum absolute atomic E-state index is 12.4. The van der Waals surface area contributed by atoms with Gasteiger partial charge in [0.15, 0.2) is 0 Å². The molecule has 0 aromatic heterocycles. The van der Waals surface area contributed by atoms with E-state index in [9.17, 15) is 9.59 Å². The number of nitrogens with zero attached hydrogens (tertiary/aromatic N) is 2. The third kappa shape index (κ3) is 2.42. The maximum atomic E-state index is 12.4. The van der Waals surface area contributed by atoms with Crippen molar-refractivity contribution in [3.05, 3.63) is 47.5 Å². The van der Waals surface area contributed by atoms with Gasteiger partial charge < -0.3 is 5.73 Å². The Labute approximate surface area is 129 Å². The van der Waals surface area contributed by atoms with Crippen LogP contribution < -0.4 is 5.73 Å². The first-order valence-electron chi connectivity index (χ1n) is 7.38. The van der Waals surface area contributed by atoms with Gasteiger partial charge in [-0.15, -0.1) is 0 Å². The lowest BCUT2D eigenvalue weighted by Gasteiger charge is -2.22. The predicted octanol–water partition coefficient (Wildman–Crippen LogP) is 0.989. The van der Waals surface area contributed by atoms with Crippen molar-refractivity contribution in [2.75, 3.05) is 6.54 Å². The number of hydrogen-bond acceptors (Lipinski definition) is 4. The average Bonchev–Trinajstić information content (AvgIpc) is 2.78. The second-order valence-electron chi connectivity index (χ2n) is 5.76. The highest BCUT2D eigenvalue weighted by molar-refractivity contribution is 6.05. The molecule has 22 heavy (non-hydrogen) atoms. The van der Waals surface area contributed by atoms with E-state index in [4.69, 9.17) is 11.0 Å². The van der Waals surface area contributed by atoms with Gasteiger partial charge in [-0.25, -0.2) is 0 Å². The fourth-order valence-electron chi connectivity index (χ4n) is 3.20. The number of likely N-dealkylation sites (tertiary alicyclic amines) is 1. The molecule has 2 amide bonds. The molecular weight excluding hydrogens is 278 g/mol. The fourth-order valence-corrected chi connectivity index (χ4v) is 3.20. The van der Waals surface area contributed by atoms with Crippen LogP contribution in [0.3, 0.4) is 0 Å². The van der Waals surface area contributed by atoms with Crippen LogP contribution in [-0.4, -0.2) is 29.3 Å². The van der Waals surface area contributed by atoms with Crippen LogP contribution in [0.15, 0.2) is 36.4 Å². The molecule has 2 aliphatic rings. The van der Waals surface area contributed by atoms with Gasteiger partial charge in [-0.05, 0) is 30.5 Å². The molecule has 5 heteroatoms. The summed E-state index contributed by atoms with van der Waals surface area (Å²) in [6.45, 7) is 0.364. The Morgan fingerprint density at radius 2 is 1.95 bits per heavy atom. The smallest absolute Gasteiger partial charge is 0.235 e. The van der Waals surface area contributed by atoms with Crippen LogP contribution in [0, 0.1) is 23.2 Å². The molecule has 1 fully saturated rings. The van der Waals surface area contributed by atoms with E-state index in [0.717, 1.165) is 5.56 Å². The van der Waals surface area contributed by atoms with E-state index in [0.29, 0.717) is 24.9 Å². The Morgan fingerprint density at radius 3 is 2.59 bits per heavy atom. The standard InChI is InChI=1S/C17H17N3O2/c18-10-12-6-4-11(5-7-12)8-9-20-16(21)13-2-1-3-14(19)15(13)17(20)22/h1,3-7,13-15H,2,8-9,19H2. The number of fused-ring (bicyclic) bond motifs is 1. The maximum Gasteiger partial charge on any atom is 0.235 e. The molecule has 3 atom stereocenters. The second-order valence-corrected chi connectivity index (χ2v) is 5.76. The van der Waals surface area contributed by atoms with Gasteiger partial charge in [-0.2, -0.15) is 5.26 Å². The van der Waals surface area contributed by atoms with Gasteiger partial charge in [0.2, 0.25) is 11.8 Å². The van der Waals surface area contributed by atoms with Crippen molar-refractivity contribution in [1.82, 2.24) is 4.90 Å². The number of nitrogens with two attached hydrogens (primary N) is 1. The third-order valence-electron chi connectivity index (χ3n) is 4.44. The van der Waals surface area contributed by atoms with E-state index in [1.54, 1.807) is 12.1 Å². The number of rotatable bonds is 3. The summed E-state index contributed by atoms with van der Waals surface area (Å²) in [4.78, 5) is 26.2. The van der Waals surface area contributed by atoms with Gasteiger partial charge in [0.25, 0.3) is 0 Å². The average molecular weight is 295 g/mol. The van der Waals surface area contributed by atoms with Crippen molar-refractivity contribution in [3.8, 4) is 6.07 Å². The molecule has 3 rings (SSSR count). The zero-order valence-electron chi connectivity index (χ0n) is 12.1.